The molecular formula is C24H29N3OS. The highest BCUT2D eigenvalue weighted by atomic mass is 32.1. The van der Waals surface area contributed by atoms with Gasteiger partial charge in [-0.15, -0.1) is 0 Å². The Labute approximate surface area is 178 Å². The molecule has 1 heterocycles. The molecule has 0 aliphatic heterocycles. The molecule has 1 aromatic heterocycles. The first-order valence-corrected chi connectivity index (χ1v) is 10.6. The van der Waals surface area contributed by atoms with Crippen molar-refractivity contribution in [2.75, 3.05) is 6.54 Å². The summed E-state index contributed by atoms with van der Waals surface area (Å²) in [6.45, 7) is 8.21. The third kappa shape index (κ3) is 5.24. The standard InChI is InChI=1S/C24H29N3OS/c1-4-5-13-25-24(29)27(15-19-9-7-6-8-10-19)16-20-14-21-17(2)11-12-18(3)22(21)26-23(20)28/h6-12,14H,4-5,13,15-16H2,1-3H3,(H,25,29)(H,26,28). The molecule has 152 valence electrons. The van der Waals surface area contributed by atoms with Crippen molar-refractivity contribution in [3.8, 4) is 0 Å². The second-order valence-electron chi connectivity index (χ2n) is 7.54. The summed E-state index contributed by atoms with van der Waals surface area (Å²) in [6.07, 6.45) is 2.17. The van der Waals surface area contributed by atoms with E-state index in [1.165, 1.54) is 0 Å². The van der Waals surface area contributed by atoms with Crippen LogP contribution in [0.1, 0.15) is 42.0 Å². The van der Waals surface area contributed by atoms with Crippen LogP contribution in [0.2, 0.25) is 0 Å². The van der Waals surface area contributed by atoms with Gasteiger partial charge in [0.1, 0.15) is 0 Å². The van der Waals surface area contributed by atoms with Crippen LogP contribution in [0.3, 0.4) is 0 Å². The Bertz CT molecular complexity index is 1040. The van der Waals surface area contributed by atoms with Crippen LogP contribution in [0.5, 0.6) is 0 Å². The molecule has 0 bridgehead atoms. The molecule has 3 rings (SSSR count). The first kappa shape index (κ1) is 21.1. The highest BCUT2D eigenvalue weighted by molar-refractivity contribution is 7.80. The number of unbranched alkanes of at least 4 members (excludes halogenated alkanes) is 1. The number of thiocarbonyl (C=S) groups is 1. The van der Waals surface area contributed by atoms with Crippen molar-refractivity contribution in [1.29, 1.82) is 0 Å². The van der Waals surface area contributed by atoms with Gasteiger partial charge in [0.2, 0.25) is 0 Å². The average molecular weight is 408 g/mol. The van der Waals surface area contributed by atoms with Crippen LogP contribution in [-0.2, 0) is 13.1 Å². The van der Waals surface area contributed by atoms with E-state index in [0.717, 1.165) is 52.5 Å². The predicted octanol–water partition coefficient (Wildman–Crippen LogP) is 4.82. The fourth-order valence-electron chi connectivity index (χ4n) is 3.43. The molecule has 2 N–H and O–H groups in total. The van der Waals surface area contributed by atoms with Crippen molar-refractivity contribution in [3.05, 3.63) is 81.1 Å². The van der Waals surface area contributed by atoms with Crippen LogP contribution in [0.4, 0.5) is 0 Å². The van der Waals surface area contributed by atoms with E-state index in [-0.39, 0.29) is 5.56 Å². The Morgan fingerprint density at radius 1 is 1.07 bits per heavy atom. The van der Waals surface area contributed by atoms with Gasteiger partial charge >= 0.3 is 0 Å². The molecule has 29 heavy (non-hydrogen) atoms. The van der Waals surface area contributed by atoms with Gasteiger partial charge in [-0.2, -0.15) is 0 Å². The van der Waals surface area contributed by atoms with Gasteiger partial charge in [0.15, 0.2) is 5.11 Å². The molecule has 4 nitrogen and oxygen atoms in total. The highest BCUT2D eigenvalue weighted by Gasteiger charge is 2.15. The number of hydrogen-bond acceptors (Lipinski definition) is 2. The van der Waals surface area contributed by atoms with Crippen LogP contribution in [0, 0.1) is 13.8 Å². The van der Waals surface area contributed by atoms with Crippen molar-refractivity contribution in [1.82, 2.24) is 15.2 Å². The van der Waals surface area contributed by atoms with Crippen LogP contribution < -0.4 is 10.9 Å². The molecule has 0 unspecified atom stereocenters. The molecule has 5 heteroatoms. The van der Waals surface area contributed by atoms with E-state index in [4.69, 9.17) is 12.2 Å². The minimum atomic E-state index is -0.0550. The maximum atomic E-state index is 12.8. The SMILES string of the molecule is CCCCNC(=S)N(Cc1ccccc1)Cc1cc2c(C)ccc(C)c2[nH]c1=O. The summed E-state index contributed by atoms with van der Waals surface area (Å²) in [4.78, 5) is 18.0. The van der Waals surface area contributed by atoms with Crippen LogP contribution in [-0.4, -0.2) is 21.5 Å². The van der Waals surface area contributed by atoms with Crippen molar-refractivity contribution in [2.24, 2.45) is 0 Å². The lowest BCUT2D eigenvalue weighted by Crippen LogP contribution is -2.40. The lowest BCUT2D eigenvalue weighted by molar-refractivity contribution is 0.397. The number of fused-ring (bicyclic) bond motifs is 1. The van der Waals surface area contributed by atoms with Gasteiger partial charge in [-0.3, -0.25) is 4.79 Å². The zero-order chi connectivity index (χ0) is 20.8. The molecule has 0 amide bonds. The number of pyridine rings is 1. The molecule has 0 saturated heterocycles. The molecular weight excluding hydrogens is 378 g/mol. The summed E-state index contributed by atoms with van der Waals surface area (Å²) in [5.41, 5.74) is 4.98. The highest BCUT2D eigenvalue weighted by Crippen LogP contribution is 2.20. The Hall–Kier alpha value is -2.66. The minimum Gasteiger partial charge on any atom is -0.363 e. The van der Waals surface area contributed by atoms with Gasteiger partial charge in [-0.25, -0.2) is 0 Å². The number of aryl methyl sites for hydroxylation is 2. The summed E-state index contributed by atoms with van der Waals surface area (Å²) >= 11 is 5.68. The van der Waals surface area contributed by atoms with Crippen molar-refractivity contribution in [3.63, 3.8) is 0 Å². The Balaban J connectivity index is 1.92. The van der Waals surface area contributed by atoms with E-state index in [2.05, 4.69) is 47.2 Å². The number of rotatable bonds is 7. The number of aromatic amines is 1. The molecule has 2 aromatic carbocycles. The molecule has 0 aliphatic rings. The fourth-order valence-corrected chi connectivity index (χ4v) is 3.66. The van der Waals surface area contributed by atoms with Gasteiger partial charge in [0.25, 0.3) is 5.56 Å². The van der Waals surface area contributed by atoms with Crippen molar-refractivity contribution < 1.29 is 0 Å². The topological polar surface area (TPSA) is 48.1 Å². The zero-order valence-corrected chi connectivity index (χ0v) is 18.2. The molecule has 0 aliphatic carbocycles. The van der Waals surface area contributed by atoms with Gasteiger partial charge in [-0.1, -0.05) is 55.8 Å². The number of benzene rings is 2. The molecule has 0 saturated carbocycles. The van der Waals surface area contributed by atoms with E-state index in [1.807, 2.05) is 37.3 Å². The first-order chi connectivity index (χ1) is 14.0. The van der Waals surface area contributed by atoms with Crippen LogP contribution in [0.15, 0.2) is 53.3 Å². The smallest absolute Gasteiger partial charge is 0.253 e. The maximum Gasteiger partial charge on any atom is 0.253 e. The summed E-state index contributed by atoms with van der Waals surface area (Å²) in [5, 5.41) is 5.12. The van der Waals surface area contributed by atoms with Gasteiger partial charge in [0, 0.05) is 24.0 Å². The number of H-pyrrole nitrogens is 1. The van der Waals surface area contributed by atoms with Crippen molar-refractivity contribution in [2.45, 2.75) is 46.7 Å². The van der Waals surface area contributed by atoms with Gasteiger partial charge in [0.05, 0.1) is 12.1 Å². The van der Waals surface area contributed by atoms with E-state index in [1.54, 1.807) is 0 Å². The van der Waals surface area contributed by atoms with Crippen LogP contribution in [0.25, 0.3) is 10.9 Å². The van der Waals surface area contributed by atoms with Crippen LogP contribution >= 0.6 is 12.2 Å². The Morgan fingerprint density at radius 3 is 2.52 bits per heavy atom. The van der Waals surface area contributed by atoms with Crippen molar-refractivity contribution >= 4 is 28.2 Å². The Kier molecular flexibility index (Phi) is 7.04. The lowest BCUT2D eigenvalue weighted by Gasteiger charge is -2.26. The van der Waals surface area contributed by atoms with Gasteiger partial charge in [-0.05, 0) is 55.2 Å². The summed E-state index contributed by atoms with van der Waals surface area (Å²) in [5.74, 6) is 0. The largest absolute Gasteiger partial charge is 0.363 e. The quantitative estimate of drug-likeness (QED) is 0.435. The number of nitrogens with zero attached hydrogens (tertiary/aromatic N) is 1. The fraction of sp³-hybridized carbons (Fsp3) is 0.333. The second-order valence-corrected chi connectivity index (χ2v) is 7.93. The summed E-state index contributed by atoms with van der Waals surface area (Å²) in [7, 11) is 0. The monoisotopic (exact) mass is 407 g/mol. The predicted molar refractivity (Wildman–Crippen MR) is 125 cm³/mol. The van der Waals surface area contributed by atoms with E-state index in [0.29, 0.717) is 18.2 Å². The number of hydrogen-bond donors (Lipinski definition) is 2. The molecule has 0 radical (unpaired) electrons. The lowest BCUT2D eigenvalue weighted by atomic mass is 10.0. The Morgan fingerprint density at radius 2 is 1.79 bits per heavy atom. The molecule has 3 aromatic rings. The minimum absolute atomic E-state index is 0.0550. The van der Waals surface area contributed by atoms with Gasteiger partial charge < -0.3 is 15.2 Å². The normalized spacial score (nSPS) is 10.9. The summed E-state index contributed by atoms with van der Waals surface area (Å²) in [6, 6.07) is 16.4. The molecule has 0 fully saturated rings. The third-order valence-corrected chi connectivity index (χ3v) is 5.59. The summed E-state index contributed by atoms with van der Waals surface area (Å²) < 4.78 is 0. The van der Waals surface area contributed by atoms with E-state index < -0.39 is 0 Å². The molecule has 0 spiro atoms. The zero-order valence-electron chi connectivity index (χ0n) is 17.4. The first-order valence-electron chi connectivity index (χ1n) is 10.2. The number of aromatic nitrogens is 1. The second kappa shape index (κ2) is 9.70. The number of nitrogens with one attached hydrogen (secondary N) is 2. The van der Waals surface area contributed by atoms with E-state index in [9.17, 15) is 4.79 Å². The maximum absolute atomic E-state index is 12.8. The molecule has 0 atom stereocenters. The third-order valence-electron chi connectivity index (χ3n) is 5.19. The average Bonchev–Trinajstić information content (AvgIpc) is 2.72. The van der Waals surface area contributed by atoms with E-state index >= 15 is 0 Å².